The predicted octanol–water partition coefficient (Wildman–Crippen LogP) is 4.57. The van der Waals surface area contributed by atoms with Crippen LogP contribution in [0.3, 0.4) is 0 Å². The van der Waals surface area contributed by atoms with Crippen molar-refractivity contribution in [2.45, 2.75) is 25.9 Å². The lowest BCUT2D eigenvalue weighted by Crippen LogP contribution is -2.16. The molecule has 4 nitrogen and oxygen atoms in total. The fraction of sp³-hybridized carbons (Fsp3) is 0.316. The van der Waals surface area contributed by atoms with Gasteiger partial charge < -0.3 is 14.8 Å². The van der Waals surface area contributed by atoms with Crippen LogP contribution in [0.1, 0.15) is 28.8 Å². The first kappa shape index (κ1) is 17.0. The second kappa shape index (κ2) is 7.81. The molecule has 0 spiro atoms. The molecule has 1 N–H and O–H groups in total. The molecule has 1 aliphatic heterocycles. The average Bonchev–Trinajstić information content (AvgIpc) is 3.09. The van der Waals surface area contributed by atoms with E-state index in [1.807, 2.05) is 37.3 Å². The van der Waals surface area contributed by atoms with Crippen LogP contribution in [0.5, 0.6) is 5.75 Å². The minimum absolute atomic E-state index is 0.148. The molecule has 0 bridgehead atoms. The molecule has 126 valence electrons. The van der Waals surface area contributed by atoms with E-state index in [0.29, 0.717) is 12.2 Å². The highest BCUT2D eigenvalue weighted by Gasteiger charge is 2.16. The number of nitrogens with one attached hydrogen (secondary N) is 1. The molecule has 0 aromatic heterocycles. The first-order chi connectivity index (χ1) is 11.6. The SMILES string of the molecule is Cc1ccc(NC(=O)c2ccc(OCC3CCCO3)cc2)c(Br)c1. The summed E-state index contributed by atoms with van der Waals surface area (Å²) in [7, 11) is 0. The van der Waals surface area contributed by atoms with E-state index in [4.69, 9.17) is 9.47 Å². The minimum Gasteiger partial charge on any atom is -0.491 e. The van der Waals surface area contributed by atoms with Crippen LogP contribution in [-0.4, -0.2) is 25.2 Å². The van der Waals surface area contributed by atoms with Gasteiger partial charge in [0.25, 0.3) is 5.91 Å². The van der Waals surface area contributed by atoms with Crippen LogP contribution in [0.2, 0.25) is 0 Å². The van der Waals surface area contributed by atoms with E-state index in [2.05, 4.69) is 21.2 Å². The predicted molar refractivity (Wildman–Crippen MR) is 97.7 cm³/mol. The average molecular weight is 390 g/mol. The van der Waals surface area contributed by atoms with Gasteiger partial charge in [-0.15, -0.1) is 0 Å². The molecule has 0 aliphatic carbocycles. The van der Waals surface area contributed by atoms with Gasteiger partial charge in [0.1, 0.15) is 12.4 Å². The second-order valence-corrected chi connectivity index (χ2v) is 6.76. The number of rotatable bonds is 5. The van der Waals surface area contributed by atoms with Gasteiger partial charge in [-0.2, -0.15) is 0 Å². The Kier molecular flexibility index (Phi) is 5.53. The molecule has 1 saturated heterocycles. The van der Waals surface area contributed by atoms with E-state index in [9.17, 15) is 4.79 Å². The molecule has 0 saturated carbocycles. The van der Waals surface area contributed by atoms with E-state index in [1.165, 1.54) is 0 Å². The summed E-state index contributed by atoms with van der Waals surface area (Å²) in [4.78, 5) is 12.3. The zero-order chi connectivity index (χ0) is 16.9. The molecule has 1 heterocycles. The third-order valence-electron chi connectivity index (χ3n) is 3.95. The van der Waals surface area contributed by atoms with Crippen LogP contribution in [0.4, 0.5) is 5.69 Å². The Morgan fingerprint density at radius 2 is 2.08 bits per heavy atom. The smallest absolute Gasteiger partial charge is 0.255 e. The highest BCUT2D eigenvalue weighted by molar-refractivity contribution is 9.10. The van der Waals surface area contributed by atoms with Crippen molar-refractivity contribution in [2.24, 2.45) is 0 Å². The van der Waals surface area contributed by atoms with E-state index < -0.39 is 0 Å². The number of anilines is 1. The Morgan fingerprint density at radius 1 is 1.29 bits per heavy atom. The summed E-state index contributed by atoms with van der Waals surface area (Å²) >= 11 is 3.47. The Balaban J connectivity index is 1.58. The minimum atomic E-state index is -0.148. The zero-order valence-corrected chi connectivity index (χ0v) is 15.1. The van der Waals surface area contributed by atoms with Crippen molar-refractivity contribution in [3.8, 4) is 5.75 Å². The zero-order valence-electron chi connectivity index (χ0n) is 13.5. The van der Waals surface area contributed by atoms with Gasteiger partial charge in [-0.3, -0.25) is 4.79 Å². The van der Waals surface area contributed by atoms with Gasteiger partial charge in [-0.1, -0.05) is 6.07 Å². The molecule has 1 fully saturated rings. The Bertz CT molecular complexity index is 709. The van der Waals surface area contributed by atoms with Gasteiger partial charge >= 0.3 is 0 Å². The quantitative estimate of drug-likeness (QED) is 0.814. The maximum absolute atomic E-state index is 12.3. The van der Waals surface area contributed by atoms with Gasteiger partial charge in [0, 0.05) is 16.6 Å². The van der Waals surface area contributed by atoms with Crippen molar-refractivity contribution in [1.29, 1.82) is 0 Å². The lowest BCUT2D eigenvalue weighted by atomic mass is 10.2. The van der Waals surface area contributed by atoms with Crippen molar-refractivity contribution >= 4 is 27.5 Å². The van der Waals surface area contributed by atoms with Crippen LogP contribution in [0.25, 0.3) is 0 Å². The third kappa shape index (κ3) is 4.36. The number of ether oxygens (including phenoxy) is 2. The maximum atomic E-state index is 12.3. The number of hydrogen-bond donors (Lipinski definition) is 1. The van der Waals surface area contributed by atoms with Crippen LogP contribution >= 0.6 is 15.9 Å². The molecular formula is C19H20BrNO3. The molecule has 24 heavy (non-hydrogen) atoms. The topological polar surface area (TPSA) is 47.6 Å². The molecular weight excluding hydrogens is 370 g/mol. The van der Waals surface area contributed by atoms with Crippen LogP contribution < -0.4 is 10.1 Å². The van der Waals surface area contributed by atoms with E-state index >= 15 is 0 Å². The summed E-state index contributed by atoms with van der Waals surface area (Å²) in [6, 6.07) is 13.0. The summed E-state index contributed by atoms with van der Waals surface area (Å²) in [6.45, 7) is 3.38. The normalized spacial score (nSPS) is 16.8. The number of benzene rings is 2. The highest BCUT2D eigenvalue weighted by atomic mass is 79.9. The largest absolute Gasteiger partial charge is 0.491 e. The molecule has 2 aromatic rings. The van der Waals surface area contributed by atoms with Gasteiger partial charge in [0.05, 0.1) is 11.8 Å². The number of carbonyl (C=O) groups excluding carboxylic acids is 1. The summed E-state index contributed by atoms with van der Waals surface area (Å²) in [5.41, 5.74) is 2.48. The van der Waals surface area contributed by atoms with Gasteiger partial charge in [-0.05, 0) is 77.7 Å². The lowest BCUT2D eigenvalue weighted by Gasteiger charge is -2.12. The lowest BCUT2D eigenvalue weighted by molar-refractivity contribution is 0.0679. The van der Waals surface area contributed by atoms with E-state index in [0.717, 1.165) is 40.9 Å². The molecule has 3 rings (SSSR count). The van der Waals surface area contributed by atoms with Crippen molar-refractivity contribution in [3.63, 3.8) is 0 Å². The van der Waals surface area contributed by atoms with Gasteiger partial charge in [0.2, 0.25) is 0 Å². The highest BCUT2D eigenvalue weighted by Crippen LogP contribution is 2.24. The van der Waals surface area contributed by atoms with E-state index in [1.54, 1.807) is 12.1 Å². The third-order valence-corrected chi connectivity index (χ3v) is 4.61. The van der Waals surface area contributed by atoms with E-state index in [-0.39, 0.29) is 12.0 Å². The fourth-order valence-electron chi connectivity index (χ4n) is 2.58. The standard InChI is InChI=1S/C19H20BrNO3/c1-13-4-9-18(17(20)11-13)21-19(22)14-5-7-15(8-6-14)24-12-16-3-2-10-23-16/h4-9,11,16H,2-3,10,12H2,1H3,(H,21,22). The van der Waals surface area contributed by atoms with Crippen molar-refractivity contribution in [2.75, 3.05) is 18.5 Å². The van der Waals surface area contributed by atoms with Crippen molar-refractivity contribution in [1.82, 2.24) is 0 Å². The summed E-state index contributed by atoms with van der Waals surface area (Å²) in [6.07, 6.45) is 2.33. The van der Waals surface area contributed by atoms with Gasteiger partial charge in [-0.25, -0.2) is 0 Å². The number of hydrogen-bond acceptors (Lipinski definition) is 3. The first-order valence-corrected chi connectivity index (χ1v) is 8.83. The van der Waals surface area contributed by atoms with Crippen LogP contribution in [0, 0.1) is 6.92 Å². The van der Waals surface area contributed by atoms with Crippen LogP contribution in [-0.2, 0) is 4.74 Å². The van der Waals surface area contributed by atoms with Crippen molar-refractivity contribution in [3.05, 3.63) is 58.1 Å². The van der Waals surface area contributed by atoms with Gasteiger partial charge in [0.15, 0.2) is 0 Å². The molecule has 1 atom stereocenters. The molecule has 1 unspecified atom stereocenters. The first-order valence-electron chi connectivity index (χ1n) is 8.04. The summed E-state index contributed by atoms with van der Waals surface area (Å²) in [5.74, 6) is 0.601. The number of amides is 1. The summed E-state index contributed by atoms with van der Waals surface area (Å²) < 4.78 is 12.1. The summed E-state index contributed by atoms with van der Waals surface area (Å²) in [5, 5.41) is 2.90. The Labute approximate surface area is 150 Å². The number of aryl methyl sites for hydroxylation is 1. The molecule has 0 radical (unpaired) electrons. The molecule has 1 aliphatic rings. The molecule has 1 amide bonds. The molecule has 2 aromatic carbocycles. The maximum Gasteiger partial charge on any atom is 0.255 e. The monoisotopic (exact) mass is 389 g/mol. The number of carbonyl (C=O) groups is 1. The van der Waals surface area contributed by atoms with Crippen molar-refractivity contribution < 1.29 is 14.3 Å². The van der Waals surface area contributed by atoms with Crippen LogP contribution in [0.15, 0.2) is 46.9 Å². The second-order valence-electron chi connectivity index (χ2n) is 5.91. The Morgan fingerprint density at radius 3 is 2.75 bits per heavy atom. The fourth-order valence-corrected chi connectivity index (χ4v) is 3.18. The molecule has 5 heteroatoms. The Hall–Kier alpha value is -1.85. The number of halogens is 1.